The summed E-state index contributed by atoms with van der Waals surface area (Å²) in [5.74, 6) is -1.61. The quantitative estimate of drug-likeness (QED) is 0.399. The van der Waals surface area contributed by atoms with Gasteiger partial charge in [-0.05, 0) is 0 Å². The number of ether oxygens (including phenoxy) is 2. The van der Waals surface area contributed by atoms with Gasteiger partial charge in [-0.15, -0.1) is 0 Å². The van der Waals surface area contributed by atoms with E-state index < -0.39 is 43.7 Å². The summed E-state index contributed by atoms with van der Waals surface area (Å²) in [4.78, 5) is 10.7. The van der Waals surface area contributed by atoms with Gasteiger partial charge in [0.1, 0.15) is 18.3 Å². The first-order valence-electron chi connectivity index (χ1n) is 5.24. The summed E-state index contributed by atoms with van der Waals surface area (Å²) in [6.45, 7) is 0. The zero-order valence-corrected chi connectivity index (χ0v) is 6.90. The first-order valence-corrected chi connectivity index (χ1v) is 3.74. The van der Waals surface area contributed by atoms with Crippen LogP contribution in [0.5, 0.6) is 0 Å². The van der Waals surface area contributed by atoms with Gasteiger partial charge in [0.25, 0.3) is 0 Å². The van der Waals surface area contributed by atoms with E-state index in [1.54, 1.807) is 0 Å². The van der Waals surface area contributed by atoms with Gasteiger partial charge >= 0.3 is 5.97 Å². The van der Waals surface area contributed by atoms with Crippen LogP contribution in [-0.4, -0.2) is 64.1 Å². The van der Waals surface area contributed by atoms with Crippen LogP contribution in [-0.2, 0) is 14.3 Å². The number of carboxylic acids is 1. The maximum atomic E-state index is 10.7. The normalized spacial score (nSPS) is 47.6. The molecule has 1 aliphatic heterocycles. The molecule has 14 heavy (non-hydrogen) atoms. The molecule has 1 aliphatic rings. The molecule has 0 amide bonds. The van der Waals surface area contributed by atoms with Crippen molar-refractivity contribution in [2.45, 2.75) is 30.7 Å². The van der Waals surface area contributed by atoms with Crippen molar-refractivity contribution in [2.75, 3.05) is 7.04 Å². The molecule has 1 heterocycles. The van der Waals surface area contributed by atoms with Crippen LogP contribution in [0.3, 0.4) is 0 Å². The van der Waals surface area contributed by atoms with Crippen LogP contribution in [0.25, 0.3) is 0 Å². The summed E-state index contributed by atoms with van der Waals surface area (Å²) in [6.07, 6.45) is -9.35. The number of aliphatic hydroxyl groups excluding tert-OH is 3. The second kappa shape index (κ2) is 4.20. The van der Waals surface area contributed by atoms with Crippen molar-refractivity contribution < 1.29 is 38.8 Å². The molecule has 0 unspecified atom stereocenters. The summed E-state index contributed by atoms with van der Waals surface area (Å²) in [5, 5.41) is 36.6. The lowest BCUT2D eigenvalue weighted by Crippen LogP contribution is -2.60. The fourth-order valence-electron chi connectivity index (χ4n) is 1.15. The molecule has 1 fully saturated rings. The van der Waals surface area contributed by atoms with E-state index in [1.807, 2.05) is 0 Å². The standard InChI is InChI=1S/C7H12O7/c1-13-7-4(10)2(8)3(9)5(14-7)6(11)12/h2-5,7-10H,1H3,(H,11,12)/t2-,3-,4+,5-,7+/m0/s1/i1D3. The highest BCUT2D eigenvalue weighted by molar-refractivity contribution is 5.73. The molecule has 0 radical (unpaired) electrons. The summed E-state index contributed by atoms with van der Waals surface area (Å²) in [6, 6.07) is 0. The average Bonchev–Trinajstić information content (AvgIpc) is 2.16. The number of carbonyl (C=O) groups is 1. The van der Waals surface area contributed by atoms with Gasteiger partial charge < -0.3 is 29.9 Å². The second-order valence-corrected chi connectivity index (χ2v) is 2.85. The van der Waals surface area contributed by atoms with Crippen molar-refractivity contribution in [3.05, 3.63) is 0 Å². The number of rotatable bonds is 2. The lowest BCUT2D eigenvalue weighted by Gasteiger charge is -2.37. The zero-order valence-electron chi connectivity index (χ0n) is 9.90. The summed E-state index contributed by atoms with van der Waals surface area (Å²) < 4.78 is 29.2. The van der Waals surface area contributed by atoms with E-state index in [1.165, 1.54) is 0 Å². The van der Waals surface area contributed by atoms with E-state index in [-0.39, 0.29) is 0 Å². The molecule has 0 aliphatic carbocycles. The largest absolute Gasteiger partial charge is 0.479 e. The molecule has 0 aromatic heterocycles. The van der Waals surface area contributed by atoms with E-state index in [2.05, 4.69) is 9.47 Å². The first-order chi connectivity index (χ1) is 7.63. The number of hydrogen-bond acceptors (Lipinski definition) is 6. The van der Waals surface area contributed by atoms with Gasteiger partial charge in [-0.25, -0.2) is 4.79 Å². The van der Waals surface area contributed by atoms with E-state index in [4.69, 9.17) is 9.22 Å². The Balaban J connectivity index is 2.82. The highest BCUT2D eigenvalue weighted by atomic mass is 16.7. The Kier molecular flexibility index (Phi) is 2.26. The first kappa shape index (κ1) is 7.55. The van der Waals surface area contributed by atoms with Gasteiger partial charge in [0.2, 0.25) is 0 Å². The highest BCUT2D eigenvalue weighted by Crippen LogP contribution is 2.21. The van der Waals surface area contributed by atoms with Crippen LogP contribution < -0.4 is 0 Å². The van der Waals surface area contributed by atoms with Crippen LogP contribution in [0.4, 0.5) is 0 Å². The van der Waals surface area contributed by atoms with Gasteiger partial charge in [-0.3, -0.25) is 0 Å². The van der Waals surface area contributed by atoms with E-state index >= 15 is 0 Å². The Morgan fingerprint density at radius 3 is 2.50 bits per heavy atom. The van der Waals surface area contributed by atoms with Gasteiger partial charge in [0.15, 0.2) is 12.4 Å². The molecule has 0 saturated carbocycles. The lowest BCUT2D eigenvalue weighted by molar-refractivity contribution is -0.287. The Hall–Kier alpha value is -0.730. The van der Waals surface area contributed by atoms with Crippen molar-refractivity contribution in [1.82, 2.24) is 0 Å². The predicted molar refractivity (Wildman–Crippen MR) is 41.3 cm³/mol. The zero-order chi connectivity index (χ0) is 13.4. The van der Waals surface area contributed by atoms with Crippen molar-refractivity contribution in [3.63, 3.8) is 0 Å². The van der Waals surface area contributed by atoms with Crippen LogP contribution in [0.15, 0.2) is 0 Å². The van der Waals surface area contributed by atoms with Crippen molar-refractivity contribution in [3.8, 4) is 0 Å². The van der Waals surface area contributed by atoms with Crippen LogP contribution in [0.2, 0.25) is 0 Å². The Labute approximate surface area is 83.7 Å². The summed E-state index contributed by atoms with van der Waals surface area (Å²) in [7, 11) is -2.93. The number of aliphatic hydroxyl groups is 3. The van der Waals surface area contributed by atoms with Crippen LogP contribution in [0.1, 0.15) is 4.11 Å². The number of aliphatic carboxylic acids is 1. The molecule has 0 bridgehead atoms. The molecular formula is C7H12O7. The van der Waals surface area contributed by atoms with Crippen LogP contribution >= 0.6 is 0 Å². The molecule has 1 rings (SSSR count). The number of hydrogen-bond donors (Lipinski definition) is 4. The highest BCUT2D eigenvalue weighted by Gasteiger charge is 2.46. The van der Waals surface area contributed by atoms with Crippen molar-refractivity contribution in [1.29, 1.82) is 0 Å². The summed E-state index contributed by atoms with van der Waals surface area (Å²) >= 11 is 0. The maximum Gasteiger partial charge on any atom is 0.335 e. The topological polar surface area (TPSA) is 116 Å². The molecule has 7 heteroatoms. The third kappa shape index (κ3) is 1.86. The molecule has 7 nitrogen and oxygen atoms in total. The monoisotopic (exact) mass is 211 g/mol. The fourth-order valence-corrected chi connectivity index (χ4v) is 1.15. The Morgan fingerprint density at radius 1 is 1.36 bits per heavy atom. The van der Waals surface area contributed by atoms with Gasteiger partial charge in [0.05, 0.1) is 4.11 Å². The molecule has 0 aromatic rings. The Bertz CT molecular complexity index is 294. The smallest absolute Gasteiger partial charge is 0.335 e. The SMILES string of the molecule is [2H]C([2H])([2H])O[C@@H]1O[C@H](C(=O)O)[C@@H](O)[C@H](O)[C@H]1O. The summed E-state index contributed by atoms with van der Waals surface area (Å²) in [5.41, 5.74) is 0. The molecule has 5 atom stereocenters. The van der Waals surface area contributed by atoms with E-state index in [0.29, 0.717) is 0 Å². The van der Waals surface area contributed by atoms with Crippen LogP contribution in [0, 0.1) is 0 Å². The van der Waals surface area contributed by atoms with E-state index in [0.717, 1.165) is 0 Å². The van der Waals surface area contributed by atoms with Gasteiger partial charge in [0, 0.05) is 7.04 Å². The third-order valence-corrected chi connectivity index (χ3v) is 1.93. The molecule has 4 N–H and O–H groups in total. The molecule has 82 valence electrons. The minimum Gasteiger partial charge on any atom is -0.479 e. The minimum absolute atomic E-state index is 1.61. The maximum absolute atomic E-state index is 10.7. The molecule has 0 aromatic carbocycles. The van der Waals surface area contributed by atoms with Crippen molar-refractivity contribution >= 4 is 5.97 Å². The fraction of sp³-hybridized carbons (Fsp3) is 0.857. The third-order valence-electron chi connectivity index (χ3n) is 1.93. The average molecular weight is 211 g/mol. The molecular weight excluding hydrogens is 196 g/mol. The minimum atomic E-state index is -2.93. The number of methoxy groups -OCH3 is 1. The van der Waals surface area contributed by atoms with Gasteiger partial charge in [-0.2, -0.15) is 0 Å². The Morgan fingerprint density at radius 2 is 2.00 bits per heavy atom. The van der Waals surface area contributed by atoms with Gasteiger partial charge in [-0.1, -0.05) is 0 Å². The van der Waals surface area contributed by atoms with Crippen molar-refractivity contribution in [2.24, 2.45) is 0 Å². The number of carboxylic acid groups (broad SMARTS) is 1. The lowest BCUT2D eigenvalue weighted by atomic mass is 9.99. The van der Waals surface area contributed by atoms with E-state index in [9.17, 15) is 20.1 Å². The molecule has 1 saturated heterocycles. The predicted octanol–water partition coefficient (Wildman–Crippen LogP) is -2.48. The molecule has 0 spiro atoms. The second-order valence-electron chi connectivity index (χ2n) is 2.85.